The lowest BCUT2D eigenvalue weighted by atomic mass is 11.0. The number of nitrogens with one attached hydrogen (secondary N) is 1. The van der Waals surface area contributed by atoms with Gasteiger partial charge in [-0.05, 0) is 6.92 Å². The van der Waals surface area contributed by atoms with Gasteiger partial charge >= 0.3 is 6.03 Å². The molecule has 0 aliphatic carbocycles. The van der Waals surface area contributed by atoms with E-state index in [1.165, 1.54) is 6.92 Å². The SMILES string of the molecule is CCS(=O)(=O)N(C=O)C(=O)NSC. The van der Waals surface area contributed by atoms with Gasteiger partial charge in [-0.3, -0.25) is 9.52 Å². The number of urea groups is 1. The van der Waals surface area contributed by atoms with E-state index in [1.54, 1.807) is 6.26 Å². The molecule has 0 aromatic rings. The smallest absolute Gasteiger partial charge is 0.281 e. The molecule has 0 fully saturated rings. The summed E-state index contributed by atoms with van der Waals surface area (Å²) in [5.74, 6) is -0.298. The van der Waals surface area contributed by atoms with Crippen molar-refractivity contribution < 1.29 is 18.0 Å². The molecule has 8 heteroatoms. The molecule has 0 bridgehead atoms. The molecule has 6 nitrogen and oxygen atoms in total. The summed E-state index contributed by atoms with van der Waals surface area (Å²) in [4.78, 5) is 21.3. The van der Waals surface area contributed by atoms with E-state index < -0.39 is 16.1 Å². The van der Waals surface area contributed by atoms with Crippen LogP contribution in [-0.2, 0) is 14.8 Å². The third kappa shape index (κ3) is 3.23. The summed E-state index contributed by atoms with van der Waals surface area (Å²) in [5.41, 5.74) is 0. The Hall–Kier alpha value is -0.760. The first kappa shape index (κ1) is 12.2. The molecule has 0 aliphatic rings. The lowest BCUT2D eigenvalue weighted by Gasteiger charge is -2.13. The van der Waals surface area contributed by atoms with Crippen LogP contribution in [0.3, 0.4) is 0 Å². The largest absolute Gasteiger partial charge is 0.347 e. The minimum absolute atomic E-state index is 0.0234. The second-order valence-corrected chi connectivity index (χ2v) is 4.66. The predicted molar refractivity (Wildman–Crippen MR) is 49.4 cm³/mol. The van der Waals surface area contributed by atoms with Gasteiger partial charge in [-0.2, -0.15) is 4.31 Å². The Kier molecular flexibility index (Phi) is 4.78. The molecule has 1 N–H and O–H groups in total. The number of nitrogens with zero attached hydrogens (tertiary/aromatic N) is 1. The standard InChI is InChI=1S/C5H10N2O4S2/c1-3-13(10,11)7(4-8)5(9)6-12-2/h4H,3H2,1-2H3,(H,6,9). The molecule has 0 spiro atoms. The summed E-state index contributed by atoms with van der Waals surface area (Å²) >= 11 is 0.915. The van der Waals surface area contributed by atoms with Crippen molar-refractivity contribution in [2.75, 3.05) is 12.0 Å². The van der Waals surface area contributed by atoms with Crippen LogP contribution in [0.2, 0.25) is 0 Å². The predicted octanol–water partition coefficient (Wildman–Crippen LogP) is -0.218. The maximum Gasteiger partial charge on any atom is 0.347 e. The molecule has 0 heterocycles. The van der Waals surface area contributed by atoms with Crippen molar-refractivity contribution in [2.45, 2.75) is 6.92 Å². The van der Waals surface area contributed by atoms with Crippen molar-refractivity contribution in [2.24, 2.45) is 0 Å². The monoisotopic (exact) mass is 226 g/mol. The van der Waals surface area contributed by atoms with E-state index in [0.717, 1.165) is 11.9 Å². The highest BCUT2D eigenvalue weighted by Gasteiger charge is 2.24. The number of imide groups is 1. The van der Waals surface area contributed by atoms with E-state index in [0.29, 0.717) is 0 Å². The second-order valence-electron chi connectivity index (χ2n) is 1.91. The number of carbonyl (C=O) groups is 2. The van der Waals surface area contributed by atoms with Crippen molar-refractivity contribution in [1.82, 2.24) is 9.03 Å². The number of hydrogen-bond donors (Lipinski definition) is 1. The summed E-state index contributed by atoms with van der Waals surface area (Å²) in [7, 11) is -3.79. The number of rotatable bonds is 4. The third-order valence-corrected chi connectivity index (χ3v) is 3.11. The summed E-state index contributed by atoms with van der Waals surface area (Å²) in [5, 5.41) is 0. The molecule has 0 unspecified atom stereocenters. The fraction of sp³-hybridized carbons (Fsp3) is 0.600. The number of hydrogen-bond acceptors (Lipinski definition) is 5. The van der Waals surface area contributed by atoms with Crippen LogP contribution in [0.15, 0.2) is 0 Å². The Labute approximate surface area is 80.9 Å². The highest BCUT2D eigenvalue weighted by Crippen LogP contribution is 2.00. The van der Waals surface area contributed by atoms with Gasteiger partial charge < -0.3 is 0 Å². The maximum absolute atomic E-state index is 11.1. The first-order valence-electron chi connectivity index (χ1n) is 3.30. The van der Waals surface area contributed by atoms with Crippen molar-refractivity contribution in [3.63, 3.8) is 0 Å². The van der Waals surface area contributed by atoms with Crippen LogP contribution >= 0.6 is 11.9 Å². The van der Waals surface area contributed by atoms with Crippen molar-refractivity contribution in [1.29, 1.82) is 0 Å². The lowest BCUT2D eigenvalue weighted by molar-refractivity contribution is -0.112. The fourth-order valence-electron chi connectivity index (χ4n) is 0.511. The average molecular weight is 226 g/mol. The van der Waals surface area contributed by atoms with Crippen LogP contribution in [0.1, 0.15) is 6.92 Å². The molecule has 0 saturated heterocycles. The Morgan fingerprint density at radius 2 is 2.15 bits per heavy atom. The molecule has 3 amide bonds. The van der Waals surface area contributed by atoms with Crippen LogP contribution in [0, 0.1) is 0 Å². The summed E-state index contributed by atoms with van der Waals surface area (Å²) in [6.07, 6.45) is 1.52. The quantitative estimate of drug-likeness (QED) is 0.529. The zero-order valence-corrected chi connectivity index (χ0v) is 8.81. The Morgan fingerprint density at radius 3 is 2.46 bits per heavy atom. The number of carbonyl (C=O) groups excluding carboxylic acids is 2. The van der Waals surface area contributed by atoms with Crippen molar-refractivity contribution >= 4 is 34.4 Å². The summed E-state index contributed by atoms with van der Waals surface area (Å²) in [6.45, 7) is 1.35. The van der Waals surface area contributed by atoms with Gasteiger partial charge in [0.05, 0.1) is 5.75 Å². The van der Waals surface area contributed by atoms with Gasteiger partial charge in [0.1, 0.15) is 0 Å². The fourth-order valence-corrected chi connectivity index (χ4v) is 1.55. The minimum atomic E-state index is -3.79. The van der Waals surface area contributed by atoms with E-state index >= 15 is 0 Å². The Balaban J connectivity index is 4.71. The molecular weight excluding hydrogens is 216 g/mol. The molecular formula is C5H10N2O4S2. The number of sulfonamides is 1. The molecule has 0 radical (unpaired) electrons. The maximum atomic E-state index is 11.1. The van der Waals surface area contributed by atoms with Gasteiger partial charge in [0.25, 0.3) is 0 Å². The normalized spacial score (nSPS) is 10.6. The first-order chi connectivity index (χ1) is 5.99. The average Bonchev–Trinajstić information content (AvgIpc) is 2.05. The number of amides is 3. The van der Waals surface area contributed by atoms with E-state index in [-0.39, 0.29) is 16.5 Å². The zero-order valence-electron chi connectivity index (χ0n) is 7.18. The molecule has 76 valence electrons. The van der Waals surface area contributed by atoms with Crippen LogP contribution in [0.25, 0.3) is 0 Å². The molecule has 0 saturated carbocycles. The summed E-state index contributed by atoms with van der Waals surface area (Å²) < 4.78 is 24.4. The van der Waals surface area contributed by atoms with Crippen LogP contribution in [0.4, 0.5) is 4.79 Å². The van der Waals surface area contributed by atoms with E-state index in [2.05, 4.69) is 4.72 Å². The Morgan fingerprint density at radius 1 is 1.62 bits per heavy atom. The van der Waals surface area contributed by atoms with Gasteiger partial charge in [-0.1, -0.05) is 11.9 Å². The van der Waals surface area contributed by atoms with Gasteiger partial charge in [0.2, 0.25) is 16.4 Å². The minimum Gasteiger partial charge on any atom is -0.281 e. The molecule has 0 rings (SSSR count). The second kappa shape index (κ2) is 5.07. The van der Waals surface area contributed by atoms with E-state index in [9.17, 15) is 18.0 Å². The molecule has 13 heavy (non-hydrogen) atoms. The van der Waals surface area contributed by atoms with Crippen molar-refractivity contribution in [3.05, 3.63) is 0 Å². The lowest BCUT2D eigenvalue weighted by Crippen LogP contribution is -2.41. The molecule has 0 aliphatic heterocycles. The van der Waals surface area contributed by atoms with Crippen molar-refractivity contribution in [3.8, 4) is 0 Å². The van der Waals surface area contributed by atoms with Gasteiger partial charge in [0.15, 0.2) is 0 Å². The van der Waals surface area contributed by atoms with E-state index in [4.69, 9.17) is 0 Å². The molecule has 0 atom stereocenters. The topological polar surface area (TPSA) is 83.6 Å². The zero-order chi connectivity index (χ0) is 10.5. The Bertz CT molecular complexity index is 287. The third-order valence-electron chi connectivity index (χ3n) is 1.15. The molecule has 0 aromatic heterocycles. The highest BCUT2D eigenvalue weighted by atomic mass is 32.2. The van der Waals surface area contributed by atoms with Crippen LogP contribution in [0.5, 0.6) is 0 Å². The highest BCUT2D eigenvalue weighted by molar-refractivity contribution is 7.97. The first-order valence-corrected chi connectivity index (χ1v) is 6.13. The summed E-state index contributed by atoms with van der Waals surface area (Å²) in [6, 6.07) is -0.954. The molecule has 0 aromatic carbocycles. The van der Waals surface area contributed by atoms with Gasteiger partial charge in [0, 0.05) is 6.26 Å². The van der Waals surface area contributed by atoms with E-state index in [1.807, 2.05) is 0 Å². The van der Waals surface area contributed by atoms with Gasteiger partial charge in [-0.25, -0.2) is 13.2 Å². The van der Waals surface area contributed by atoms with Gasteiger partial charge in [-0.15, -0.1) is 0 Å². The van der Waals surface area contributed by atoms with Crippen LogP contribution < -0.4 is 4.72 Å². The van der Waals surface area contributed by atoms with Crippen LogP contribution in [-0.4, -0.2) is 37.2 Å².